The van der Waals surface area contributed by atoms with Crippen molar-refractivity contribution in [3.05, 3.63) is 35.4 Å². The van der Waals surface area contributed by atoms with Gasteiger partial charge in [0.1, 0.15) is 0 Å². The first kappa shape index (κ1) is 12.7. The van der Waals surface area contributed by atoms with E-state index in [1.807, 2.05) is 31.2 Å². The molecule has 1 aromatic carbocycles. The molecule has 0 amide bonds. The maximum absolute atomic E-state index is 10.7. The molecule has 0 spiro atoms. The van der Waals surface area contributed by atoms with Gasteiger partial charge in [0, 0.05) is 6.04 Å². The summed E-state index contributed by atoms with van der Waals surface area (Å²) in [4.78, 5) is 10.7. The quantitative estimate of drug-likeness (QED) is 0.799. The van der Waals surface area contributed by atoms with E-state index in [1.165, 1.54) is 5.56 Å². The van der Waals surface area contributed by atoms with Gasteiger partial charge in [0.15, 0.2) is 0 Å². The minimum atomic E-state index is -0.778. The fourth-order valence-corrected chi connectivity index (χ4v) is 1.67. The van der Waals surface area contributed by atoms with Crippen LogP contribution in [0.1, 0.15) is 24.5 Å². The van der Waals surface area contributed by atoms with Crippen LogP contribution in [0.3, 0.4) is 0 Å². The van der Waals surface area contributed by atoms with E-state index >= 15 is 0 Å². The van der Waals surface area contributed by atoms with E-state index in [0.29, 0.717) is 6.42 Å². The van der Waals surface area contributed by atoms with Crippen LogP contribution < -0.4 is 5.73 Å². The van der Waals surface area contributed by atoms with E-state index in [4.69, 9.17) is 10.8 Å². The van der Waals surface area contributed by atoms with Crippen molar-refractivity contribution < 1.29 is 9.90 Å². The predicted octanol–water partition coefficient (Wildman–Crippen LogP) is 1.98. The smallest absolute Gasteiger partial charge is 0.306 e. The number of hydrogen-bond acceptors (Lipinski definition) is 2. The summed E-state index contributed by atoms with van der Waals surface area (Å²) in [6.45, 7) is 3.73. The van der Waals surface area contributed by atoms with E-state index in [9.17, 15) is 4.79 Å². The van der Waals surface area contributed by atoms with Crippen molar-refractivity contribution in [3.63, 3.8) is 0 Å². The van der Waals surface area contributed by atoms with Gasteiger partial charge in [-0.2, -0.15) is 0 Å². The Labute approximate surface area is 96.3 Å². The molecule has 2 atom stereocenters. The van der Waals surface area contributed by atoms with Crippen LogP contribution in [0.2, 0.25) is 0 Å². The van der Waals surface area contributed by atoms with Crippen molar-refractivity contribution in [2.75, 3.05) is 0 Å². The molecule has 0 bridgehead atoms. The maximum atomic E-state index is 10.7. The molecule has 0 aliphatic carbocycles. The minimum absolute atomic E-state index is 0.0891. The lowest BCUT2D eigenvalue weighted by Crippen LogP contribution is -2.28. The van der Waals surface area contributed by atoms with Gasteiger partial charge >= 0.3 is 5.97 Å². The zero-order valence-corrected chi connectivity index (χ0v) is 9.81. The number of rotatable bonds is 5. The van der Waals surface area contributed by atoms with Crippen molar-refractivity contribution in [3.8, 4) is 0 Å². The van der Waals surface area contributed by atoms with E-state index < -0.39 is 5.97 Å². The number of carboxylic acids is 1. The highest BCUT2D eigenvalue weighted by molar-refractivity contribution is 5.69. The number of hydrogen-bond donors (Lipinski definition) is 2. The summed E-state index contributed by atoms with van der Waals surface area (Å²) in [6.07, 6.45) is 1.25. The standard InChI is InChI=1S/C13H19NO2/c1-9-3-5-11(6-4-9)8-12(14)7-10(2)13(15)16/h3-6,10,12H,7-8,14H2,1-2H3,(H,15,16). The molecular formula is C13H19NO2. The monoisotopic (exact) mass is 221 g/mol. The molecule has 0 saturated heterocycles. The van der Waals surface area contributed by atoms with E-state index in [2.05, 4.69) is 0 Å². The van der Waals surface area contributed by atoms with Crippen molar-refractivity contribution in [2.24, 2.45) is 11.7 Å². The third-order valence-electron chi connectivity index (χ3n) is 2.70. The van der Waals surface area contributed by atoms with Crippen LogP contribution in [0, 0.1) is 12.8 Å². The summed E-state index contributed by atoms with van der Waals surface area (Å²) in [5, 5.41) is 8.78. The second-order valence-electron chi connectivity index (χ2n) is 4.42. The zero-order valence-electron chi connectivity index (χ0n) is 9.81. The number of nitrogens with two attached hydrogens (primary N) is 1. The topological polar surface area (TPSA) is 63.3 Å². The fraction of sp³-hybridized carbons (Fsp3) is 0.462. The van der Waals surface area contributed by atoms with Crippen LogP contribution >= 0.6 is 0 Å². The Hall–Kier alpha value is -1.35. The molecule has 1 aromatic rings. The Morgan fingerprint density at radius 2 is 1.94 bits per heavy atom. The summed E-state index contributed by atoms with van der Waals surface area (Å²) >= 11 is 0. The van der Waals surface area contributed by atoms with Crippen LogP contribution in [0.15, 0.2) is 24.3 Å². The van der Waals surface area contributed by atoms with Crippen molar-refractivity contribution >= 4 is 5.97 Å². The van der Waals surface area contributed by atoms with E-state index in [0.717, 1.165) is 12.0 Å². The molecule has 3 heteroatoms. The molecule has 3 N–H and O–H groups in total. The highest BCUT2D eigenvalue weighted by Crippen LogP contribution is 2.11. The van der Waals surface area contributed by atoms with Gasteiger partial charge in [-0.25, -0.2) is 0 Å². The molecule has 1 rings (SSSR count). The third kappa shape index (κ3) is 4.03. The summed E-state index contributed by atoms with van der Waals surface area (Å²) in [5.41, 5.74) is 8.30. The highest BCUT2D eigenvalue weighted by atomic mass is 16.4. The van der Waals surface area contributed by atoms with Crippen molar-refractivity contribution in [1.29, 1.82) is 0 Å². The molecule has 0 aromatic heterocycles. The Balaban J connectivity index is 2.48. The lowest BCUT2D eigenvalue weighted by molar-refractivity contribution is -0.141. The van der Waals surface area contributed by atoms with Crippen LogP contribution in [-0.2, 0) is 11.2 Å². The van der Waals surface area contributed by atoms with Gasteiger partial charge in [-0.1, -0.05) is 36.8 Å². The predicted molar refractivity (Wildman–Crippen MR) is 64.3 cm³/mol. The van der Waals surface area contributed by atoms with Gasteiger partial charge in [0.05, 0.1) is 5.92 Å². The molecule has 0 heterocycles. The summed E-state index contributed by atoms with van der Waals surface area (Å²) in [5.74, 6) is -1.15. The van der Waals surface area contributed by atoms with Crippen molar-refractivity contribution in [2.45, 2.75) is 32.7 Å². The van der Waals surface area contributed by atoms with Crippen LogP contribution in [0.5, 0.6) is 0 Å². The molecule has 16 heavy (non-hydrogen) atoms. The molecule has 2 unspecified atom stereocenters. The van der Waals surface area contributed by atoms with Crippen molar-refractivity contribution in [1.82, 2.24) is 0 Å². The summed E-state index contributed by atoms with van der Waals surface area (Å²) < 4.78 is 0. The second-order valence-corrected chi connectivity index (χ2v) is 4.42. The Bertz CT molecular complexity index is 345. The Morgan fingerprint density at radius 3 is 2.44 bits per heavy atom. The average molecular weight is 221 g/mol. The first-order valence-corrected chi connectivity index (χ1v) is 5.53. The largest absolute Gasteiger partial charge is 0.481 e. The molecule has 0 radical (unpaired) electrons. The lowest BCUT2D eigenvalue weighted by Gasteiger charge is -2.14. The molecule has 0 aliphatic heterocycles. The molecule has 0 saturated carbocycles. The second kappa shape index (κ2) is 5.66. The number of aliphatic carboxylic acids is 1. The molecule has 0 fully saturated rings. The van der Waals surface area contributed by atoms with Gasteiger partial charge in [0.2, 0.25) is 0 Å². The van der Waals surface area contributed by atoms with Gasteiger partial charge in [0.25, 0.3) is 0 Å². The van der Waals surface area contributed by atoms with E-state index in [-0.39, 0.29) is 12.0 Å². The normalized spacial score (nSPS) is 14.4. The number of aryl methyl sites for hydroxylation is 1. The minimum Gasteiger partial charge on any atom is -0.481 e. The van der Waals surface area contributed by atoms with Gasteiger partial charge < -0.3 is 10.8 Å². The van der Waals surface area contributed by atoms with Gasteiger partial charge in [-0.15, -0.1) is 0 Å². The molecule has 88 valence electrons. The van der Waals surface area contributed by atoms with Crippen LogP contribution in [-0.4, -0.2) is 17.1 Å². The average Bonchev–Trinajstić information content (AvgIpc) is 2.21. The SMILES string of the molecule is Cc1ccc(CC(N)CC(C)C(=O)O)cc1. The number of carboxylic acid groups (broad SMARTS) is 1. The van der Waals surface area contributed by atoms with Gasteiger partial charge in [-0.3, -0.25) is 4.79 Å². The summed E-state index contributed by atoms with van der Waals surface area (Å²) in [7, 11) is 0. The Kier molecular flexibility index (Phi) is 4.50. The van der Waals surface area contributed by atoms with Crippen LogP contribution in [0.25, 0.3) is 0 Å². The first-order chi connectivity index (χ1) is 7.49. The molecule has 3 nitrogen and oxygen atoms in total. The summed E-state index contributed by atoms with van der Waals surface area (Å²) in [6, 6.07) is 8.08. The number of benzene rings is 1. The number of carbonyl (C=O) groups is 1. The first-order valence-electron chi connectivity index (χ1n) is 5.53. The maximum Gasteiger partial charge on any atom is 0.306 e. The van der Waals surface area contributed by atoms with Gasteiger partial charge in [-0.05, 0) is 25.3 Å². The fourth-order valence-electron chi connectivity index (χ4n) is 1.67. The van der Waals surface area contributed by atoms with Crippen LogP contribution in [0.4, 0.5) is 0 Å². The molecule has 0 aliphatic rings. The zero-order chi connectivity index (χ0) is 12.1. The Morgan fingerprint density at radius 1 is 1.38 bits per heavy atom. The van der Waals surface area contributed by atoms with E-state index in [1.54, 1.807) is 6.92 Å². The lowest BCUT2D eigenvalue weighted by atomic mass is 9.96. The molecular weight excluding hydrogens is 202 g/mol. The third-order valence-corrected chi connectivity index (χ3v) is 2.70. The highest BCUT2D eigenvalue weighted by Gasteiger charge is 2.15.